The lowest BCUT2D eigenvalue weighted by atomic mass is 10.0. The third-order valence-corrected chi connectivity index (χ3v) is 7.12. The summed E-state index contributed by atoms with van der Waals surface area (Å²) < 4.78 is 73.0. The molecule has 0 spiro atoms. The Morgan fingerprint density at radius 3 is 2.18 bits per heavy atom. The van der Waals surface area contributed by atoms with Crippen LogP contribution >= 0.6 is 0 Å². The average molecular weight is 484 g/mol. The number of carboxylic acid groups (broad SMARTS) is 1. The van der Waals surface area contributed by atoms with Crippen LogP contribution in [0.3, 0.4) is 0 Å². The highest BCUT2D eigenvalue weighted by atomic mass is 32.2. The SMILES string of the molecule is CC(C)c1ccc(S(=O)(=O)n2c(COC(C)(C)C(=O)O)cc3cc(C(F)(F)F)ccc32)cc1. The van der Waals surface area contributed by atoms with Gasteiger partial charge in [-0.1, -0.05) is 26.0 Å². The number of nitrogens with zero attached hydrogens (tertiary/aromatic N) is 1. The molecule has 0 aliphatic rings. The molecule has 0 fully saturated rings. The topological polar surface area (TPSA) is 85.6 Å². The summed E-state index contributed by atoms with van der Waals surface area (Å²) in [7, 11) is -4.22. The van der Waals surface area contributed by atoms with E-state index in [1.165, 1.54) is 32.0 Å². The molecule has 0 saturated heterocycles. The van der Waals surface area contributed by atoms with Gasteiger partial charge in [0.15, 0.2) is 5.60 Å². The van der Waals surface area contributed by atoms with E-state index in [2.05, 4.69) is 0 Å². The van der Waals surface area contributed by atoms with Crippen LogP contribution in [0.25, 0.3) is 10.9 Å². The second kappa shape index (κ2) is 8.49. The first kappa shape index (κ1) is 24.8. The lowest BCUT2D eigenvalue weighted by molar-refractivity contribution is -0.162. The van der Waals surface area contributed by atoms with Crippen molar-refractivity contribution in [2.45, 2.75) is 56.9 Å². The van der Waals surface area contributed by atoms with Crippen molar-refractivity contribution in [3.8, 4) is 0 Å². The fourth-order valence-electron chi connectivity index (χ4n) is 3.25. The monoisotopic (exact) mass is 483 g/mol. The maximum absolute atomic E-state index is 13.5. The highest BCUT2D eigenvalue weighted by molar-refractivity contribution is 7.90. The Morgan fingerprint density at radius 1 is 1.06 bits per heavy atom. The number of carbonyl (C=O) groups is 1. The lowest BCUT2D eigenvalue weighted by Crippen LogP contribution is -2.34. The summed E-state index contributed by atoms with van der Waals surface area (Å²) in [5.74, 6) is -1.09. The second-order valence-electron chi connectivity index (χ2n) is 8.50. The Hall–Kier alpha value is -2.85. The van der Waals surface area contributed by atoms with Gasteiger partial charge in [-0.05, 0) is 61.7 Å². The van der Waals surface area contributed by atoms with Crippen molar-refractivity contribution in [3.05, 3.63) is 65.4 Å². The molecular weight excluding hydrogens is 459 g/mol. The van der Waals surface area contributed by atoms with Crippen molar-refractivity contribution in [2.24, 2.45) is 0 Å². The van der Waals surface area contributed by atoms with Gasteiger partial charge in [-0.15, -0.1) is 0 Å². The van der Waals surface area contributed by atoms with Crippen LogP contribution in [0.5, 0.6) is 0 Å². The average Bonchev–Trinajstić information content (AvgIpc) is 3.10. The minimum Gasteiger partial charge on any atom is -0.479 e. The highest BCUT2D eigenvalue weighted by Crippen LogP contribution is 2.34. The molecule has 0 radical (unpaired) electrons. The lowest BCUT2D eigenvalue weighted by Gasteiger charge is -2.21. The minimum absolute atomic E-state index is 0.00610. The van der Waals surface area contributed by atoms with Crippen molar-refractivity contribution in [3.63, 3.8) is 0 Å². The van der Waals surface area contributed by atoms with E-state index >= 15 is 0 Å². The standard InChI is InChI=1S/C23H24F3NO5S/c1-14(2)15-5-8-19(9-6-15)33(30,31)27-18(13-32-22(3,4)21(28)29)12-16-11-17(23(24,25)26)7-10-20(16)27/h5-12,14H,13H2,1-4H3,(H,28,29). The first-order valence-corrected chi connectivity index (χ1v) is 11.5. The van der Waals surface area contributed by atoms with E-state index in [1.54, 1.807) is 12.1 Å². The van der Waals surface area contributed by atoms with Crippen molar-refractivity contribution in [2.75, 3.05) is 0 Å². The number of hydrogen-bond donors (Lipinski definition) is 1. The van der Waals surface area contributed by atoms with Crippen LogP contribution < -0.4 is 0 Å². The van der Waals surface area contributed by atoms with Crippen LogP contribution in [0.4, 0.5) is 13.2 Å². The van der Waals surface area contributed by atoms with E-state index in [9.17, 15) is 31.5 Å². The quantitative estimate of drug-likeness (QED) is 0.486. The molecule has 1 heterocycles. The zero-order valence-electron chi connectivity index (χ0n) is 18.5. The Bertz CT molecular complexity index is 1290. The van der Waals surface area contributed by atoms with E-state index in [-0.39, 0.29) is 27.4 Å². The molecule has 3 aromatic rings. The Labute approximate surface area is 189 Å². The van der Waals surface area contributed by atoms with Gasteiger partial charge in [0.1, 0.15) is 0 Å². The molecule has 0 atom stereocenters. The van der Waals surface area contributed by atoms with Gasteiger partial charge in [-0.25, -0.2) is 17.2 Å². The largest absolute Gasteiger partial charge is 0.479 e. The normalized spacial score (nSPS) is 13.1. The number of aliphatic carboxylic acids is 1. The summed E-state index contributed by atoms with van der Waals surface area (Å²) in [4.78, 5) is 11.3. The van der Waals surface area contributed by atoms with Crippen molar-refractivity contribution < 1.29 is 36.2 Å². The zero-order chi connectivity index (χ0) is 24.8. The fourth-order valence-corrected chi connectivity index (χ4v) is 4.78. The molecule has 0 amide bonds. The van der Waals surface area contributed by atoms with Crippen LogP contribution in [0, 0.1) is 0 Å². The van der Waals surface area contributed by atoms with E-state index in [0.29, 0.717) is 0 Å². The van der Waals surface area contributed by atoms with Crippen LogP contribution in [-0.2, 0) is 32.3 Å². The van der Waals surface area contributed by atoms with Gasteiger partial charge in [-0.2, -0.15) is 13.2 Å². The molecule has 3 rings (SSSR count). The molecule has 10 heteroatoms. The van der Waals surface area contributed by atoms with Gasteiger partial charge in [0, 0.05) is 5.39 Å². The predicted octanol–water partition coefficient (Wildman–Crippen LogP) is 5.40. The van der Waals surface area contributed by atoms with Crippen LogP contribution in [0.1, 0.15) is 50.4 Å². The molecule has 0 aliphatic carbocycles. The zero-order valence-corrected chi connectivity index (χ0v) is 19.3. The maximum atomic E-state index is 13.5. The summed E-state index contributed by atoms with van der Waals surface area (Å²) in [5.41, 5.74) is -1.60. The van der Waals surface area contributed by atoms with E-state index in [4.69, 9.17) is 4.74 Å². The van der Waals surface area contributed by atoms with Crippen LogP contribution in [0.15, 0.2) is 53.4 Å². The molecule has 2 aromatic carbocycles. The van der Waals surface area contributed by atoms with Gasteiger partial charge < -0.3 is 9.84 Å². The van der Waals surface area contributed by atoms with Gasteiger partial charge in [0.2, 0.25) is 0 Å². The van der Waals surface area contributed by atoms with Gasteiger partial charge in [0.25, 0.3) is 10.0 Å². The summed E-state index contributed by atoms with van der Waals surface area (Å²) in [5, 5.41) is 9.33. The van der Waals surface area contributed by atoms with E-state index < -0.39 is 39.9 Å². The van der Waals surface area contributed by atoms with Crippen molar-refractivity contribution >= 4 is 26.9 Å². The summed E-state index contributed by atoms with van der Waals surface area (Å²) in [6, 6.07) is 10.2. The third-order valence-electron chi connectivity index (χ3n) is 5.34. The van der Waals surface area contributed by atoms with Crippen molar-refractivity contribution in [1.29, 1.82) is 0 Å². The minimum atomic E-state index is -4.61. The number of carboxylic acids is 1. The number of benzene rings is 2. The first-order valence-electron chi connectivity index (χ1n) is 10.1. The maximum Gasteiger partial charge on any atom is 0.416 e. The molecule has 0 unspecified atom stereocenters. The summed E-state index contributed by atoms with van der Waals surface area (Å²) >= 11 is 0. The van der Waals surface area contributed by atoms with Gasteiger partial charge in [-0.3, -0.25) is 0 Å². The number of alkyl halides is 3. The number of rotatable bonds is 7. The second-order valence-corrected chi connectivity index (χ2v) is 10.3. The van der Waals surface area contributed by atoms with Crippen molar-refractivity contribution in [1.82, 2.24) is 3.97 Å². The number of hydrogen-bond acceptors (Lipinski definition) is 4. The molecule has 1 aromatic heterocycles. The smallest absolute Gasteiger partial charge is 0.416 e. The number of ether oxygens (including phenoxy) is 1. The summed E-state index contributed by atoms with van der Waals surface area (Å²) in [6.07, 6.45) is -4.61. The van der Waals surface area contributed by atoms with Gasteiger partial charge in [0.05, 0.1) is 28.3 Å². The number of halogens is 3. The number of fused-ring (bicyclic) bond motifs is 1. The van der Waals surface area contributed by atoms with E-state index in [0.717, 1.165) is 27.7 Å². The Balaban J connectivity index is 2.19. The predicted molar refractivity (Wildman–Crippen MR) is 117 cm³/mol. The first-order chi connectivity index (χ1) is 15.1. The Kier molecular flexibility index (Phi) is 6.38. The molecule has 0 aliphatic heterocycles. The summed E-state index contributed by atoms with van der Waals surface area (Å²) in [6.45, 7) is 6.06. The molecule has 1 N–H and O–H groups in total. The molecular formula is C23H24F3NO5S. The van der Waals surface area contributed by atoms with Gasteiger partial charge >= 0.3 is 12.1 Å². The molecule has 178 valence electrons. The molecule has 33 heavy (non-hydrogen) atoms. The third kappa shape index (κ3) is 4.91. The molecule has 6 nitrogen and oxygen atoms in total. The fraction of sp³-hybridized carbons (Fsp3) is 0.348. The molecule has 0 saturated carbocycles. The highest BCUT2D eigenvalue weighted by Gasteiger charge is 2.33. The molecule has 0 bridgehead atoms. The number of aromatic nitrogens is 1. The van der Waals surface area contributed by atoms with Crippen LogP contribution in [0.2, 0.25) is 0 Å². The van der Waals surface area contributed by atoms with Crippen LogP contribution in [-0.4, -0.2) is 29.1 Å². The Morgan fingerprint density at radius 2 is 1.67 bits per heavy atom. The van der Waals surface area contributed by atoms with E-state index in [1.807, 2.05) is 13.8 Å².